The molecule has 0 spiro atoms. The first kappa shape index (κ1) is 27.7. The highest BCUT2D eigenvalue weighted by Crippen LogP contribution is 2.51. The lowest BCUT2D eigenvalue weighted by Gasteiger charge is -2.39. The summed E-state index contributed by atoms with van der Waals surface area (Å²) in [5.74, 6) is 0.418. The third-order valence-electron chi connectivity index (χ3n) is 7.60. The van der Waals surface area contributed by atoms with Gasteiger partial charge in [0.1, 0.15) is 0 Å². The van der Waals surface area contributed by atoms with Gasteiger partial charge in [0, 0.05) is 11.1 Å². The van der Waals surface area contributed by atoms with Crippen LogP contribution in [0.3, 0.4) is 0 Å². The van der Waals surface area contributed by atoms with Crippen molar-refractivity contribution in [1.29, 1.82) is 0 Å². The van der Waals surface area contributed by atoms with Gasteiger partial charge in [0.05, 0.1) is 0 Å². The maximum absolute atomic E-state index is 3.30. The van der Waals surface area contributed by atoms with Crippen molar-refractivity contribution in [3.05, 3.63) is 108 Å². The standard InChI is InChI=1S/C34H47P/c1-2-3-4-5-6-7-8-9-10-11-12-22-29-33(30-23-16-13-17-24-30)34(35,31-25-18-14-19-26-31)32-27-20-15-21-28-32/h13-21,23-28,33H,2-12,22,29,35H2,1H3. The van der Waals surface area contributed by atoms with Gasteiger partial charge in [-0.05, 0) is 23.1 Å². The summed E-state index contributed by atoms with van der Waals surface area (Å²) in [7, 11) is 3.30. The Kier molecular flexibility index (Phi) is 12.6. The second kappa shape index (κ2) is 16.0. The molecule has 1 heteroatoms. The summed E-state index contributed by atoms with van der Waals surface area (Å²) < 4.78 is 0. The maximum atomic E-state index is 3.30. The second-order valence-electron chi connectivity index (χ2n) is 10.2. The number of hydrogen-bond donors (Lipinski definition) is 0. The minimum Gasteiger partial charge on any atom is -0.121 e. The van der Waals surface area contributed by atoms with Crippen molar-refractivity contribution in [2.75, 3.05) is 0 Å². The Hall–Kier alpha value is -1.91. The van der Waals surface area contributed by atoms with Gasteiger partial charge in [-0.3, -0.25) is 0 Å². The van der Waals surface area contributed by atoms with Gasteiger partial charge in [0.2, 0.25) is 0 Å². The van der Waals surface area contributed by atoms with Crippen LogP contribution >= 0.6 is 9.24 Å². The maximum Gasteiger partial charge on any atom is 0.0412 e. The summed E-state index contributed by atoms with van der Waals surface area (Å²) in [4.78, 5) is 0. The van der Waals surface area contributed by atoms with Crippen molar-refractivity contribution in [2.45, 2.75) is 101 Å². The lowest BCUT2D eigenvalue weighted by Crippen LogP contribution is -2.29. The highest BCUT2D eigenvalue weighted by atomic mass is 31.0. The molecule has 0 saturated heterocycles. The van der Waals surface area contributed by atoms with E-state index in [0.717, 1.165) is 0 Å². The van der Waals surface area contributed by atoms with Crippen LogP contribution in [0.4, 0.5) is 0 Å². The zero-order valence-electron chi connectivity index (χ0n) is 22.0. The molecule has 188 valence electrons. The summed E-state index contributed by atoms with van der Waals surface area (Å²) in [6.07, 6.45) is 17.9. The molecule has 0 radical (unpaired) electrons. The predicted molar refractivity (Wildman–Crippen MR) is 158 cm³/mol. The van der Waals surface area contributed by atoms with E-state index in [4.69, 9.17) is 0 Å². The third kappa shape index (κ3) is 8.61. The fourth-order valence-electron chi connectivity index (χ4n) is 5.53. The molecule has 2 atom stereocenters. The van der Waals surface area contributed by atoms with E-state index in [2.05, 4.69) is 107 Å². The average molecular weight is 487 g/mol. The molecular weight excluding hydrogens is 439 g/mol. The average Bonchev–Trinajstić information content (AvgIpc) is 2.92. The molecule has 3 rings (SSSR count). The van der Waals surface area contributed by atoms with Gasteiger partial charge >= 0.3 is 0 Å². The fraction of sp³-hybridized carbons (Fsp3) is 0.471. The summed E-state index contributed by atoms with van der Waals surface area (Å²) in [5, 5.41) is -0.137. The molecule has 0 aromatic heterocycles. The molecule has 0 aliphatic carbocycles. The Labute approximate surface area is 218 Å². The van der Waals surface area contributed by atoms with Crippen LogP contribution in [0.5, 0.6) is 0 Å². The lowest BCUT2D eigenvalue weighted by atomic mass is 9.74. The predicted octanol–water partition coefficient (Wildman–Crippen LogP) is 10.7. The van der Waals surface area contributed by atoms with E-state index in [9.17, 15) is 0 Å². The lowest BCUT2D eigenvalue weighted by molar-refractivity contribution is 0.476. The van der Waals surface area contributed by atoms with Crippen molar-refractivity contribution < 1.29 is 0 Å². The first-order valence-electron chi connectivity index (χ1n) is 14.2. The molecule has 0 saturated carbocycles. The SMILES string of the molecule is CCCCCCCCCCCCCCC(c1ccccc1)C(P)(c1ccccc1)c1ccccc1. The van der Waals surface area contributed by atoms with Gasteiger partial charge in [-0.25, -0.2) is 0 Å². The van der Waals surface area contributed by atoms with Crippen molar-refractivity contribution in [3.8, 4) is 0 Å². The normalized spacial score (nSPS) is 12.5. The van der Waals surface area contributed by atoms with Crippen LogP contribution in [0.2, 0.25) is 0 Å². The smallest absolute Gasteiger partial charge is 0.0412 e. The topological polar surface area (TPSA) is 0 Å². The molecular formula is C34H47P. The van der Waals surface area contributed by atoms with Crippen molar-refractivity contribution in [3.63, 3.8) is 0 Å². The van der Waals surface area contributed by atoms with Gasteiger partial charge in [0.25, 0.3) is 0 Å². The Balaban J connectivity index is 1.60. The molecule has 2 unspecified atom stereocenters. The first-order chi connectivity index (χ1) is 17.3. The quantitative estimate of drug-likeness (QED) is 0.131. The van der Waals surface area contributed by atoms with E-state index in [0.29, 0.717) is 5.92 Å². The molecule has 0 nitrogen and oxygen atoms in total. The van der Waals surface area contributed by atoms with E-state index in [1.54, 1.807) is 0 Å². The first-order valence-corrected chi connectivity index (χ1v) is 14.8. The number of benzene rings is 3. The van der Waals surface area contributed by atoms with Crippen molar-refractivity contribution in [1.82, 2.24) is 0 Å². The minimum absolute atomic E-state index is 0.137. The van der Waals surface area contributed by atoms with Crippen molar-refractivity contribution >= 4 is 9.24 Å². The molecule has 0 bridgehead atoms. The summed E-state index contributed by atoms with van der Waals surface area (Å²) in [6.45, 7) is 2.30. The molecule has 0 fully saturated rings. The van der Waals surface area contributed by atoms with Crippen LogP contribution in [0.1, 0.15) is 113 Å². The van der Waals surface area contributed by atoms with Gasteiger partial charge in [0.15, 0.2) is 0 Å². The summed E-state index contributed by atoms with van der Waals surface area (Å²) in [5.41, 5.74) is 4.20. The van der Waals surface area contributed by atoms with Gasteiger partial charge in [-0.15, -0.1) is 9.24 Å². The van der Waals surface area contributed by atoms with Crippen LogP contribution in [-0.2, 0) is 5.16 Å². The van der Waals surface area contributed by atoms with E-state index in [-0.39, 0.29) is 5.16 Å². The van der Waals surface area contributed by atoms with Gasteiger partial charge in [-0.1, -0.05) is 175 Å². The van der Waals surface area contributed by atoms with Crippen LogP contribution in [0, 0.1) is 0 Å². The Morgan fingerprint density at radius 3 is 1.31 bits per heavy atom. The third-order valence-corrected chi connectivity index (χ3v) is 8.67. The summed E-state index contributed by atoms with van der Waals surface area (Å²) >= 11 is 0. The number of rotatable bonds is 17. The number of unbranched alkanes of at least 4 members (excludes halogenated alkanes) is 11. The van der Waals surface area contributed by atoms with Gasteiger partial charge < -0.3 is 0 Å². The molecule has 0 heterocycles. The summed E-state index contributed by atoms with van der Waals surface area (Å²) in [6, 6.07) is 33.4. The van der Waals surface area contributed by atoms with Crippen LogP contribution in [0.15, 0.2) is 91.0 Å². The molecule has 0 N–H and O–H groups in total. The molecule has 0 aliphatic heterocycles. The zero-order chi connectivity index (χ0) is 24.6. The highest BCUT2D eigenvalue weighted by Gasteiger charge is 2.38. The van der Waals surface area contributed by atoms with Crippen LogP contribution in [0.25, 0.3) is 0 Å². The Bertz CT molecular complexity index is 864. The molecule has 0 amide bonds. The van der Waals surface area contributed by atoms with Crippen LogP contribution in [-0.4, -0.2) is 0 Å². The van der Waals surface area contributed by atoms with E-state index < -0.39 is 0 Å². The highest BCUT2D eigenvalue weighted by molar-refractivity contribution is 7.19. The second-order valence-corrected chi connectivity index (χ2v) is 11.2. The fourth-order valence-corrected chi connectivity index (χ4v) is 6.27. The monoisotopic (exact) mass is 486 g/mol. The Morgan fingerprint density at radius 2 is 0.886 bits per heavy atom. The van der Waals surface area contributed by atoms with E-state index >= 15 is 0 Å². The van der Waals surface area contributed by atoms with Gasteiger partial charge in [-0.2, -0.15) is 0 Å². The molecule has 3 aromatic carbocycles. The largest absolute Gasteiger partial charge is 0.121 e. The Morgan fingerprint density at radius 1 is 0.514 bits per heavy atom. The molecule has 0 aliphatic rings. The zero-order valence-corrected chi connectivity index (χ0v) is 23.2. The van der Waals surface area contributed by atoms with E-state index in [1.807, 2.05) is 0 Å². The van der Waals surface area contributed by atoms with Crippen LogP contribution < -0.4 is 0 Å². The molecule has 3 aromatic rings. The van der Waals surface area contributed by atoms with Crippen molar-refractivity contribution in [2.24, 2.45) is 0 Å². The minimum atomic E-state index is -0.137. The van der Waals surface area contributed by atoms with E-state index in [1.165, 1.54) is 100 Å². The number of hydrogen-bond acceptors (Lipinski definition) is 0. The molecule has 35 heavy (non-hydrogen) atoms.